The van der Waals surface area contributed by atoms with Crippen molar-refractivity contribution in [3.8, 4) is 0 Å². The normalized spacial score (nSPS) is 14.2. The lowest BCUT2D eigenvalue weighted by Crippen LogP contribution is -2.46. The maximum atomic E-state index is 11.3. The summed E-state index contributed by atoms with van der Waals surface area (Å²) in [5, 5.41) is 22.5. The summed E-state index contributed by atoms with van der Waals surface area (Å²) in [6.45, 7) is 9.53. The number of aliphatic hydroxyl groups is 2. The molecule has 6 N–H and O–H groups in total. The first-order valence-corrected chi connectivity index (χ1v) is 24.6. The highest BCUT2D eigenvalue weighted by Gasteiger charge is 2.21. The van der Waals surface area contributed by atoms with Gasteiger partial charge < -0.3 is 31.5 Å². The molecule has 0 aromatic heterocycles. The fourth-order valence-corrected chi connectivity index (χ4v) is 8.16. The molecule has 6 nitrogen and oxygen atoms in total. The molecule has 59 heavy (non-hydrogen) atoms. The molecular weight excluding hydrogens is 725 g/mol. The van der Waals surface area contributed by atoms with Crippen molar-refractivity contribution in [1.82, 2.24) is 9.80 Å². The van der Waals surface area contributed by atoms with Crippen molar-refractivity contribution in [3.63, 3.8) is 0 Å². The first kappa shape index (κ1) is 52.8. The Morgan fingerprint density at radius 3 is 1.15 bits per heavy atom. The van der Waals surface area contributed by atoms with Crippen LogP contribution >= 0.6 is 0 Å². The van der Waals surface area contributed by atoms with Crippen molar-refractivity contribution in [2.24, 2.45) is 11.5 Å². The maximum absolute atomic E-state index is 11.3. The molecule has 0 saturated heterocycles. The highest BCUT2D eigenvalue weighted by atomic mass is 16.3. The van der Waals surface area contributed by atoms with E-state index in [1.54, 1.807) is 0 Å². The maximum Gasteiger partial charge on any atom is 0.0820 e. The van der Waals surface area contributed by atoms with E-state index in [0.717, 1.165) is 51.9 Å². The van der Waals surface area contributed by atoms with E-state index in [0.29, 0.717) is 25.9 Å². The summed E-state index contributed by atoms with van der Waals surface area (Å²) in [4.78, 5) is 4.93. The minimum absolute atomic E-state index is 0.286. The zero-order valence-corrected chi connectivity index (χ0v) is 38.3. The average molecular weight is 817 g/mol. The summed E-state index contributed by atoms with van der Waals surface area (Å²) in [5.41, 5.74) is 15.5. The summed E-state index contributed by atoms with van der Waals surface area (Å²) >= 11 is 0. The molecule has 0 aliphatic rings. The lowest BCUT2D eigenvalue weighted by molar-refractivity contribution is 0.0823. The fraction of sp³-hybridized carbons (Fsp3) is 0.698. The van der Waals surface area contributed by atoms with Crippen LogP contribution in [0, 0.1) is 0 Å². The Balaban J connectivity index is 1.83. The number of benzene rings is 2. The number of rotatable bonds is 40. The van der Waals surface area contributed by atoms with Gasteiger partial charge in [0.2, 0.25) is 0 Å². The SMILES string of the molecule is C/C=C/CCCCCCCCN(CCCCN(CCCCCCCC/C=C/CCCCCCCC)CC(O)C(N)Cc1ccccc1)CC(O)C(N)Cc1ccccc1. The van der Waals surface area contributed by atoms with Crippen molar-refractivity contribution in [2.75, 3.05) is 39.3 Å². The van der Waals surface area contributed by atoms with Crippen LogP contribution in [0.5, 0.6) is 0 Å². The predicted molar refractivity (Wildman–Crippen MR) is 257 cm³/mol. The standard InChI is InChI=1S/C53H92N4O2/c1-3-5-7-9-11-13-14-15-16-17-18-19-21-23-25-33-41-57(47-53(59)51(55)45-49-38-30-27-31-39-49)43-35-34-42-56(40-32-24-22-20-12-10-8-6-4-2)46-52(58)50(54)44-48-36-28-26-29-37-48/h4,6,15-16,26-31,36-39,50-53,58-59H,3,5,7-14,17-25,32-35,40-47,54-55H2,1-2H3/b6-4+,16-15+. The van der Waals surface area contributed by atoms with Crippen molar-refractivity contribution in [3.05, 3.63) is 96.1 Å². The van der Waals surface area contributed by atoms with Crippen LogP contribution in [-0.2, 0) is 12.8 Å². The predicted octanol–water partition coefficient (Wildman–Crippen LogP) is 11.6. The first-order valence-electron chi connectivity index (χ1n) is 24.6. The Morgan fingerprint density at radius 2 is 0.780 bits per heavy atom. The second-order valence-electron chi connectivity index (χ2n) is 17.6. The summed E-state index contributed by atoms with van der Waals surface area (Å²) in [6.07, 6.45) is 38.7. The minimum Gasteiger partial charge on any atom is -0.390 e. The van der Waals surface area contributed by atoms with Crippen LogP contribution in [0.15, 0.2) is 85.0 Å². The molecule has 6 heteroatoms. The number of nitrogens with zero attached hydrogens (tertiary/aromatic N) is 2. The van der Waals surface area contributed by atoms with Crippen molar-refractivity contribution < 1.29 is 10.2 Å². The van der Waals surface area contributed by atoms with Gasteiger partial charge in [0.05, 0.1) is 12.2 Å². The smallest absolute Gasteiger partial charge is 0.0820 e. The Kier molecular flexibility index (Phi) is 33.5. The largest absolute Gasteiger partial charge is 0.390 e. The second-order valence-corrected chi connectivity index (χ2v) is 17.6. The Labute approximate surface area is 364 Å². The molecular formula is C53H92N4O2. The van der Waals surface area contributed by atoms with Gasteiger partial charge in [-0.25, -0.2) is 0 Å². The molecule has 0 aliphatic heterocycles. The first-order chi connectivity index (χ1) is 28.9. The average Bonchev–Trinajstić information content (AvgIpc) is 3.24. The summed E-state index contributed by atoms with van der Waals surface area (Å²) in [6, 6.07) is 20.0. The third-order valence-electron chi connectivity index (χ3n) is 12.0. The molecule has 4 unspecified atom stereocenters. The molecule has 0 radical (unpaired) electrons. The molecule has 2 rings (SSSR count). The molecule has 0 heterocycles. The molecule has 0 bridgehead atoms. The molecule has 2 aromatic rings. The number of hydrogen-bond acceptors (Lipinski definition) is 6. The van der Waals surface area contributed by atoms with Crippen molar-refractivity contribution in [1.29, 1.82) is 0 Å². The summed E-state index contributed by atoms with van der Waals surface area (Å²) in [5.74, 6) is 0. The zero-order valence-electron chi connectivity index (χ0n) is 38.3. The summed E-state index contributed by atoms with van der Waals surface area (Å²) < 4.78 is 0. The van der Waals surface area contributed by atoms with Crippen LogP contribution in [0.25, 0.3) is 0 Å². The monoisotopic (exact) mass is 817 g/mol. The van der Waals surface area contributed by atoms with Gasteiger partial charge in [0.25, 0.3) is 0 Å². The van der Waals surface area contributed by atoms with Gasteiger partial charge in [0.15, 0.2) is 0 Å². The molecule has 0 spiro atoms. The Hall–Kier alpha value is -2.32. The Morgan fingerprint density at radius 1 is 0.458 bits per heavy atom. The van der Waals surface area contributed by atoms with Gasteiger partial charge in [-0.15, -0.1) is 0 Å². The van der Waals surface area contributed by atoms with Crippen molar-refractivity contribution >= 4 is 0 Å². The molecule has 0 saturated carbocycles. The van der Waals surface area contributed by atoms with Crippen LogP contribution in [-0.4, -0.2) is 83.6 Å². The molecule has 2 aromatic carbocycles. The number of aliphatic hydroxyl groups excluding tert-OH is 2. The van der Waals surface area contributed by atoms with E-state index in [2.05, 4.69) is 72.2 Å². The summed E-state index contributed by atoms with van der Waals surface area (Å²) in [7, 11) is 0. The lowest BCUT2D eigenvalue weighted by Gasteiger charge is -2.30. The third kappa shape index (κ3) is 29.6. The van der Waals surface area contributed by atoms with Crippen LogP contribution in [0.1, 0.15) is 173 Å². The van der Waals surface area contributed by atoms with Gasteiger partial charge in [-0.05, 0) is 121 Å². The minimum atomic E-state index is -0.565. The van der Waals surface area contributed by atoms with Gasteiger partial charge in [-0.3, -0.25) is 0 Å². The van der Waals surface area contributed by atoms with E-state index in [-0.39, 0.29) is 12.1 Å². The van der Waals surface area contributed by atoms with E-state index in [9.17, 15) is 10.2 Å². The molecule has 0 fully saturated rings. The topological polar surface area (TPSA) is 99.0 Å². The van der Waals surface area contributed by atoms with Gasteiger partial charge in [0, 0.05) is 25.2 Å². The van der Waals surface area contributed by atoms with E-state index < -0.39 is 12.2 Å². The molecule has 4 atom stereocenters. The van der Waals surface area contributed by atoms with Gasteiger partial charge in [0.1, 0.15) is 0 Å². The highest BCUT2D eigenvalue weighted by molar-refractivity contribution is 5.17. The van der Waals surface area contributed by atoms with E-state index >= 15 is 0 Å². The number of unbranched alkanes of at least 4 members (excludes halogenated alkanes) is 19. The number of nitrogens with two attached hydrogens (primary N) is 2. The van der Waals surface area contributed by atoms with E-state index in [1.807, 2.05) is 36.4 Å². The third-order valence-corrected chi connectivity index (χ3v) is 12.0. The van der Waals surface area contributed by atoms with Gasteiger partial charge in [-0.2, -0.15) is 0 Å². The van der Waals surface area contributed by atoms with Gasteiger partial charge >= 0.3 is 0 Å². The Bertz CT molecular complexity index is 1240. The molecule has 336 valence electrons. The zero-order chi connectivity index (χ0) is 42.4. The van der Waals surface area contributed by atoms with Crippen molar-refractivity contribution in [2.45, 2.75) is 199 Å². The van der Waals surface area contributed by atoms with Crippen LogP contribution in [0.3, 0.4) is 0 Å². The molecule has 0 amide bonds. The fourth-order valence-electron chi connectivity index (χ4n) is 8.16. The van der Waals surface area contributed by atoms with Crippen LogP contribution < -0.4 is 11.5 Å². The second kappa shape index (κ2) is 37.4. The number of allylic oxidation sites excluding steroid dienone is 4. The van der Waals surface area contributed by atoms with Crippen LogP contribution in [0.4, 0.5) is 0 Å². The molecule has 0 aliphatic carbocycles. The lowest BCUT2D eigenvalue weighted by atomic mass is 10.0. The number of hydrogen-bond donors (Lipinski definition) is 4. The van der Waals surface area contributed by atoms with Crippen LogP contribution in [0.2, 0.25) is 0 Å². The highest BCUT2D eigenvalue weighted by Crippen LogP contribution is 2.14. The van der Waals surface area contributed by atoms with Gasteiger partial charge in [-0.1, -0.05) is 175 Å². The van der Waals surface area contributed by atoms with E-state index in [4.69, 9.17) is 11.5 Å². The quantitative estimate of drug-likeness (QED) is 0.0395. The van der Waals surface area contributed by atoms with E-state index in [1.165, 1.54) is 133 Å².